The van der Waals surface area contributed by atoms with Crippen LogP contribution >= 0.6 is 11.7 Å². The van der Waals surface area contributed by atoms with E-state index in [-0.39, 0.29) is 6.10 Å². The van der Waals surface area contributed by atoms with Gasteiger partial charge in [-0.15, -0.1) is 4.37 Å². The molecular formula is C13H21N3OS. The molecule has 0 saturated carbocycles. The largest absolute Gasteiger partial charge is 0.473 e. The van der Waals surface area contributed by atoms with Gasteiger partial charge >= 0.3 is 0 Å². The Morgan fingerprint density at radius 3 is 2.78 bits per heavy atom. The fourth-order valence-corrected chi connectivity index (χ4v) is 3.60. The van der Waals surface area contributed by atoms with Crippen LogP contribution in [0.25, 0.3) is 0 Å². The van der Waals surface area contributed by atoms with Crippen molar-refractivity contribution in [1.82, 2.24) is 13.6 Å². The Morgan fingerprint density at radius 1 is 1.39 bits per heavy atom. The maximum atomic E-state index is 5.91. The molecule has 2 unspecified atom stereocenters. The van der Waals surface area contributed by atoms with Gasteiger partial charge < -0.3 is 9.64 Å². The third-order valence-electron chi connectivity index (χ3n) is 4.38. The van der Waals surface area contributed by atoms with Crippen LogP contribution in [0.1, 0.15) is 44.7 Å². The summed E-state index contributed by atoms with van der Waals surface area (Å²) in [4.78, 5) is 2.55. The molecule has 3 fully saturated rings. The summed E-state index contributed by atoms with van der Waals surface area (Å²) in [6.07, 6.45) is 3.86. The van der Waals surface area contributed by atoms with E-state index in [1.165, 1.54) is 37.7 Å². The Balaban J connectivity index is 1.78. The minimum absolute atomic E-state index is 0.230. The summed E-state index contributed by atoms with van der Waals surface area (Å²) in [6, 6.07) is 0. The smallest absolute Gasteiger partial charge is 0.249 e. The van der Waals surface area contributed by atoms with Crippen molar-refractivity contribution in [3.8, 4) is 5.88 Å². The van der Waals surface area contributed by atoms with Gasteiger partial charge in [-0.1, -0.05) is 6.92 Å². The fourth-order valence-electron chi connectivity index (χ4n) is 3.04. The van der Waals surface area contributed by atoms with E-state index in [1.807, 2.05) is 0 Å². The third-order valence-corrected chi connectivity index (χ3v) is 4.90. The molecule has 1 aromatic heterocycles. The van der Waals surface area contributed by atoms with Crippen LogP contribution in [0.2, 0.25) is 0 Å². The van der Waals surface area contributed by atoms with E-state index in [2.05, 4.69) is 27.5 Å². The molecule has 0 N–H and O–H groups in total. The average molecular weight is 267 g/mol. The Labute approximate surface area is 113 Å². The first-order chi connectivity index (χ1) is 8.78. The van der Waals surface area contributed by atoms with Crippen LogP contribution < -0.4 is 4.74 Å². The van der Waals surface area contributed by atoms with Crippen molar-refractivity contribution in [3.63, 3.8) is 0 Å². The van der Waals surface area contributed by atoms with Crippen LogP contribution in [0.4, 0.5) is 0 Å². The molecule has 1 aromatic rings. The highest BCUT2D eigenvalue weighted by atomic mass is 32.1. The number of piperidine rings is 3. The molecule has 4 nitrogen and oxygen atoms in total. The van der Waals surface area contributed by atoms with Crippen LogP contribution in [0.3, 0.4) is 0 Å². The predicted octanol–water partition coefficient (Wildman–Crippen LogP) is 2.52. The molecule has 100 valence electrons. The van der Waals surface area contributed by atoms with Gasteiger partial charge in [0.25, 0.3) is 0 Å². The highest BCUT2D eigenvalue weighted by Gasteiger charge is 2.38. The summed E-state index contributed by atoms with van der Waals surface area (Å²) < 4.78 is 14.8. The molecule has 0 aromatic carbocycles. The minimum atomic E-state index is 0.230. The van der Waals surface area contributed by atoms with E-state index in [1.54, 1.807) is 0 Å². The second-order valence-corrected chi connectivity index (χ2v) is 6.06. The van der Waals surface area contributed by atoms with Crippen LogP contribution in [-0.4, -0.2) is 39.4 Å². The van der Waals surface area contributed by atoms with Gasteiger partial charge in [0.2, 0.25) is 5.88 Å². The van der Waals surface area contributed by atoms with E-state index in [9.17, 15) is 0 Å². The standard InChI is InChI=1S/C13H21N3OS/c1-3-9(2)17-13-12(14-18-15-13)11-8-16-6-4-10(11)5-7-16/h9-11H,3-8H2,1-2H3. The van der Waals surface area contributed by atoms with Crippen molar-refractivity contribution >= 4 is 11.7 Å². The number of rotatable bonds is 4. The molecule has 0 aliphatic carbocycles. The monoisotopic (exact) mass is 267 g/mol. The number of hydrogen-bond donors (Lipinski definition) is 0. The second-order valence-electron chi connectivity index (χ2n) is 5.54. The lowest BCUT2D eigenvalue weighted by molar-refractivity contribution is 0.0830. The normalized spacial score (nSPS) is 32.4. The first kappa shape index (κ1) is 12.4. The zero-order chi connectivity index (χ0) is 12.5. The van der Waals surface area contributed by atoms with Gasteiger partial charge in [-0.3, -0.25) is 0 Å². The van der Waals surface area contributed by atoms with Crippen molar-refractivity contribution < 1.29 is 4.74 Å². The van der Waals surface area contributed by atoms with Crippen molar-refractivity contribution in [2.75, 3.05) is 19.6 Å². The van der Waals surface area contributed by atoms with Gasteiger partial charge in [0.1, 0.15) is 5.69 Å². The molecule has 0 spiro atoms. The molecule has 5 heteroatoms. The molecule has 0 radical (unpaired) electrons. The molecule has 3 saturated heterocycles. The lowest BCUT2D eigenvalue weighted by atomic mass is 9.77. The lowest BCUT2D eigenvalue weighted by Crippen LogP contribution is -2.46. The first-order valence-corrected chi connectivity index (χ1v) is 7.72. The van der Waals surface area contributed by atoms with E-state index >= 15 is 0 Å². The summed E-state index contributed by atoms with van der Waals surface area (Å²) in [7, 11) is 0. The number of nitrogens with zero attached hydrogens (tertiary/aromatic N) is 3. The molecule has 3 aliphatic rings. The Morgan fingerprint density at radius 2 is 2.17 bits per heavy atom. The molecule has 2 bridgehead atoms. The number of fused-ring (bicyclic) bond motifs is 3. The van der Waals surface area contributed by atoms with Crippen LogP contribution in [-0.2, 0) is 0 Å². The van der Waals surface area contributed by atoms with E-state index in [0.717, 1.165) is 30.5 Å². The second kappa shape index (κ2) is 5.13. The molecule has 4 rings (SSSR count). The van der Waals surface area contributed by atoms with Crippen molar-refractivity contribution in [2.45, 2.75) is 45.1 Å². The van der Waals surface area contributed by atoms with Crippen molar-refractivity contribution in [1.29, 1.82) is 0 Å². The predicted molar refractivity (Wildman–Crippen MR) is 72.2 cm³/mol. The average Bonchev–Trinajstić information content (AvgIpc) is 2.88. The summed E-state index contributed by atoms with van der Waals surface area (Å²) in [5.41, 5.74) is 1.12. The van der Waals surface area contributed by atoms with Crippen molar-refractivity contribution in [3.05, 3.63) is 5.69 Å². The van der Waals surface area contributed by atoms with Gasteiger partial charge in [0.15, 0.2) is 0 Å². The number of aromatic nitrogens is 2. The van der Waals surface area contributed by atoms with Gasteiger partial charge in [-0.05, 0) is 45.2 Å². The Kier molecular flexibility index (Phi) is 3.52. The highest BCUT2D eigenvalue weighted by Crippen LogP contribution is 2.41. The summed E-state index contributed by atoms with van der Waals surface area (Å²) in [5, 5.41) is 0. The third kappa shape index (κ3) is 2.26. The van der Waals surface area contributed by atoms with Gasteiger partial charge in [-0.2, -0.15) is 4.37 Å². The number of hydrogen-bond acceptors (Lipinski definition) is 5. The summed E-state index contributed by atoms with van der Waals surface area (Å²) >= 11 is 1.30. The molecule has 2 atom stereocenters. The SMILES string of the molecule is CCC(C)Oc1nsnc1C1CN2CCC1CC2. The first-order valence-electron chi connectivity index (χ1n) is 6.99. The molecule has 4 heterocycles. The molecule has 3 aliphatic heterocycles. The van der Waals surface area contributed by atoms with Crippen LogP contribution in [0, 0.1) is 5.92 Å². The maximum absolute atomic E-state index is 5.91. The summed E-state index contributed by atoms with van der Waals surface area (Å²) in [6.45, 7) is 7.91. The lowest BCUT2D eigenvalue weighted by Gasteiger charge is -2.44. The topological polar surface area (TPSA) is 38.3 Å². The Hall–Kier alpha value is -0.680. The van der Waals surface area contributed by atoms with Gasteiger partial charge in [-0.25, -0.2) is 0 Å². The zero-order valence-corrected chi connectivity index (χ0v) is 11.9. The molecule has 0 amide bonds. The fraction of sp³-hybridized carbons (Fsp3) is 0.846. The van der Waals surface area contributed by atoms with E-state index in [0.29, 0.717) is 5.92 Å². The molecule has 18 heavy (non-hydrogen) atoms. The van der Waals surface area contributed by atoms with Gasteiger partial charge in [0.05, 0.1) is 17.8 Å². The van der Waals surface area contributed by atoms with E-state index < -0.39 is 0 Å². The van der Waals surface area contributed by atoms with E-state index in [4.69, 9.17) is 4.74 Å². The highest BCUT2D eigenvalue weighted by molar-refractivity contribution is 6.99. The quantitative estimate of drug-likeness (QED) is 0.840. The Bertz CT molecular complexity index is 401. The van der Waals surface area contributed by atoms with Crippen LogP contribution in [0.5, 0.6) is 5.88 Å². The maximum Gasteiger partial charge on any atom is 0.249 e. The van der Waals surface area contributed by atoms with Gasteiger partial charge in [0, 0.05) is 12.5 Å². The summed E-state index contributed by atoms with van der Waals surface area (Å²) in [5.74, 6) is 2.14. The van der Waals surface area contributed by atoms with Crippen molar-refractivity contribution in [2.24, 2.45) is 5.92 Å². The van der Waals surface area contributed by atoms with Crippen LogP contribution in [0.15, 0.2) is 0 Å². The molecular weight excluding hydrogens is 246 g/mol. The number of ether oxygens (including phenoxy) is 1. The zero-order valence-electron chi connectivity index (χ0n) is 11.1. The minimum Gasteiger partial charge on any atom is -0.473 e.